The molecule has 0 spiro atoms. The SMILES string of the molecule is CCCc1cc(Oc2ccc(F)cc2)ccc1OCCCOc1ccc(C2(F)SC(=O)NC2=O)cc1. The number of halogens is 2. The molecular formula is C27H25F2NO5S. The van der Waals surface area contributed by atoms with Crippen molar-refractivity contribution in [2.45, 2.75) is 31.2 Å². The topological polar surface area (TPSA) is 73.9 Å². The summed E-state index contributed by atoms with van der Waals surface area (Å²) in [4.78, 5) is 23.0. The normalized spacial score (nSPS) is 17.1. The number of hydrogen-bond donors (Lipinski definition) is 1. The van der Waals surface area contributed by atoms with E-state index in [0.717, 1.165) is 24.2 Å². The van der Waals surface area contributed by atoms with E-state index in [4.69, 9.17) is 14.2 Å². The van der Waals surface area contributed by atoms with E-state index in [2.05, 4.69) is 6.92 Å². The Bertz CT molecular complexity index is 1220. The lowest BCUT2D eigenvalue weighted by Gasteiger charge is -2.15. The molecule has 188 valence electrons. The summed E-state index contributed by atoms with van der Waals surface area (Å²) >= 11 is 0.318. The van der Waals surface area contributed by atoms with E-state index in [0.29, 0.717) is 48.6 Å². The predicted molar refractivity (Wildman–Crippen MR) is 133 cm³/mol. The van der Waals surface area contributed by atoms with Crippen molar-refractivity contribution in [2.75, 3.05) is 13.2 Å². The lowest BCUT2D eigenvalue weighted by Crippen LogP contribution is -2.30. The van der Waals surface area contributed by atoms with Crippen molar-refractivity contribution in [1.29, 1.82) is 0 Å². The van der Waals surface area contributed by atoms with Crippen molar-refractivity contribution in [2.24, 2.45) is 0 Å². The Morgan fingerprint density at radius 1 is 0.889 bits per heavy atom. The Hall–Kier alpha value is -3.59. The van der Waals surface area contributed by atoms with Crippen LogP contribution in [0.4, 0.5) is 13.6 Å². The molecule has 1 saturated heterocycles. The highest BCUT2D eigenvalue weighted by molar-refractivity contribution is 8.15. The van der Waals surface area contributed by atoms with Gasteiger partial charge in [-0.2, -0.15) is 0 Å². The molecule has 1 heterocycles. The quantitative estimate of drug-likeness (QED) is 0.294. The lowest BCUT2D eigenvalue weighted by molar-refractivity contribution is -0.126. The predicted octanol–water partition coefficient (Wildman–Crippen LogP) is 6.52. The number of thioether (sulfide) groups is 1. The van der Waals surface area contributed by atoms with Crippen LogP contribution in [0.1, 0.15) is 30.9 Å². The summed E-state index contributed by atoms with van der Waals surface area (Å²) in [6.07, 6.45) is 2.36. The first-order valence-corrected chi connectivity index (χ1v) is 12.3. The first kappa shape index (κ1) is 25.5. The van der Waals surface area contributed by atoms with Gasteiger partial charge in [-0.3, -0.25) is 14.9 Å². The first-order valence-electron chi connectivity index (χ1n) is 11.5. The van der Waals surface area contributed by atoms with Crippen LogP contribution in [0.5, 0.6) is 23.0 Å². The summed E-state index contributed by atoms with van der Waals surface area (Å²) in [5.41, 5.74) is 1.10. The number of ether oxygens (including phenoxy) is 3. The minimum Gasteiger partial charge on any atom is -0.493 e. The van der Waals surface area contributed by atoms with Crippen LogP contribution in [-0.2, 0) is 16.2 Å². The van der Waals surface area contributed by atoms with Gasteiger partial charge in [0.25, 0.3) is 16.1 Å². The second-order valence-corrected chi connectivity index (χ2v) is 9.23. The standard InChI is InChI=1S/C27H25F2NO5S/c1-2-4-18-17-23(35-22-11-7-20(28)8-12-22)13-14-24(18)34-16-3-15-33-21-9-5-19(6-10-21)27(29)25(31)30-26(32)36-27/h5-14,17H,2-4,15-16H2,1H3,(H,30,31,32). The van der Waals surface area contributed by atoms with E-state index >= 15 is 0 Å². The van der Waals surface area contributed by atoms with Crippen LogP contribution in [0.3, 0.4) is 0 Å². The zero-order chi connectivity index (χ0) is 25.5. The Kier molecular flexibility index (Phi) is 8.10. The summed E-state index contributed by atoms with van der Waals surface area (Å²) in [7, 11) is 0. The number of aryl methyl sites for hydroxylation is 1. The zero-order valence-corrected chi connectivity index (χ0v) is 20.4. The second kappa shape index (κ2) is 11.4. The highest BCUT2D eigenvalue weighted by atomic mass is 32.2. The first-order chi connectivity index (χ1) is 17.4. The maximum absolute atomic E-state index is 14.8. The third kappa shape index (κ3) is 6.15. The molecule has 1 atom stereocenters. The highest BCUT2D eigenvalue weighted by Crippen LogP contribution is 2.43. The van der Waals surface area contributed by atoms with Gasteiger partial charge in [-0.1, -0.05) is 25.5 Å². The number of carbonyl (C=O) groups is 2. The van der Waals surface area contributed by atoms with Gasteiger partial charge in [0.2, 0.25) is 0 Å². The lowest BCUT2D eigenvalue weighted by atomic mass is 10.1. The smallest absolute Gasteiger partial charge is 0.289 e. The van der Waals surface area contributed by atoms with Crippen LogP contribution in [-0.4, -0.2) is 24.4 Å². The van der Waals surface area contributed by atoms with Crippen molar-refractivity contribution >= 4 is 22.9 Å². The third-order valence-corrected chi connectivity index (χ3v) is 6.37. The number of alkyl halides is 1. The summed E-state index contributed by atoms with van der Waals surface area (Å²) in [6.45, 7) is 2.89. The van der Waals surface area contributed by atoms with Crippen molar-refractivity contribution in [1.82, 2.24) is 5.32 Å². The molecule has 1 unspecified atom stereocenters. The van der Waals surface area contributed by atoms with E-state index < -0.39 is 16.1 Å². The molecule has 1 fully saturated rings. The van der Waals surface area contributed by atoms with E-state index in [1.54, 1.807) is 24.3 Å². The van der Waals surface area contributed by atoms with Crippen molar-refractivity contribution in [3.8, 4) is 23.0 Å². The number of carbonyl (C=O) groups excluding carboxylic acids is 2. The number of benzene rings is 3. The van der Waals surface area contributed by atoms with Crippen molar-refractivity contribution in [3.63, 3.8) is 0 Å². The van der Waals surface area contributed by atoms with Gasteiger partial charge < -0.3 is 14.2 Å². The Labute approximate surface area is 211 Å². The maximum atomic E-state index is 14.8. The van der Waals surface area contributed by atoms with Gasteiger partial charge in [0.1, 0.15) is 28.8 Å². The average molecular weight is 514 g/mol. The Morgan fingerprint density at radius 3 is 2.22 bits per heavy atom. The van der Waals surface area contributed by atoms with Crippen LogP contribution in [0.25, 0.3) is 0 Å². The van der Waals surface area contributed by atoms with E-state index in [1.807, 2.05) is 23.5 Å². The molecule has 0 bridgehead atoms. The van der Waals surface area contributed by atoms with E-state index in [1.165, 1.54) is 24.3 Å². The average Bonchev–Trinajstić information content (AvgIpc) is 3.14. The van der Waals surface area contributed by atoms with Crippen LogP contribution in [0, 0.1) is 5.82 Å². The van der Waals surface area contributed by atoms with Gasteiger partial charge in [-0.05, 0) is 78.3 Å². The fourth-order valence-electron chi connectivity index (χ4n) is 3.62. The molecule has 0 aromatic heterocycles. The molecule has 1 aliphatic heterocycles. The van der Waals surface area contributed by atoms with Crippen LogP contribution < -0.4 is 19.5 Å². The third-order valence-electron chi connectivity index (χ3n) is 5.38. The molecule has 0 radical (unpaired) electrons. The van der Waals surface area contributed by atoms with Crippen LogP contribution in [0.15, 0.2) is 66.7 Å². The zero-order valence-electron chi connectivity index (χ0n) is 19.6. The van der Waals surface area contributed by atoms with Crippen molar-refractivity contribution < 1.29 is 32.6 Å². The van der Waals surface area contributed by atoms with Gasteiger partial charge in [-0.25, -0.2) is 8.78 Å². The second-order valence-electron chi connectivity index (χ2n) is 8.09. The minimum atomic E-state index is -2.42. The molecule has 3 aromatic rings. The molecule has 36 heavy (non-hydrogen) atoms. The molecule has 2 amide bonds. The van der Waals surface area contributed by atoms with Gasteiger partial charge >= 0.3 is 0 Å². The van der Waals surface area contributed by atoms with Gasteiger partial charge in [0.05, 0.1) is 13.2 Å². The summed E-state index contributed by atoms with van der Waals surface area (Å²) < 4.78 is 45.4. The van der Waals surface area contributed by atoms with Gasteiger partial charge in [0, 0.05) is 12.0 Å². The van der Waals surface area contributed by atoms with Gasteiger partial charge in [-0.15, -0.1) is 0 Å². The largest absolute Gasteiger partial charge is 0.493 e. The molecule has 0 aliphatic carbocycles. The molecule has 3 aromatic carbocycles. The monoisotopic (exact) mass is 513 g/mol. The molecular weight excluding hydrogens is 488 g/mol. The molecule has 9 heteroatoms. The molecule has 4 rings (SSSR count). The summed E-state index contributed by atoms with van der Waals surface area (Å²) in [5.74, 6) is 1.20. The number of nitrogens with one attached hydrogen (secondary N) is 1. The number of amides is 2. The molecule has 1 N–H and O–H groups in total. The van der Waals surface area contributed by atoms with Crippen LogP contribution >= 0.6 is 11.8 Å². The fourth-order valence-corrected chi connectivity index (χ4v) is 4.42. The highest BCUT2D eigenvalue weighted by Gasteiger charge is 2.50. The molecule has 1 aliphatic rings. The summed E-state index contributed by atoms with van der Waals surface area (Å²) in [5, 5.41) is -1.17. The summed E-state index contributed by atoms with van der Waals surface area (Å²) in [6, 6.07) is 17.4. The number of imide groups is 1. The van der Waals surface area contributed by atoms with Crippen molar-refractivity contribution in [3.05, 3.63) is 83.7 Å². The minimum absolute atomic E-state index is 0.0850. The van der Waals surface area contributed by atoms with E-state index in [-0.39, 0.29) is 11.4 Å². The maximum Gasteiger partial charge on any atom is 0.289 e. The van der Waals surface area contributed by atoms with E-state index in [9.17, 15) is 18.4 Å². The Morgan fingerprint density at radius 2 is 1.56 bits per heavy atom. The van der Waals surface area contributed by atoms with Crippen LogP contribution in [0.2, 0.25) is 0 Å². The molecule has 0 saturated carbocycles. The molecule has 6 nitrogen and oxygen atoms in total. The number of hydrogen-bond acceptors (Lipinski definition) is 6. The number of rotatable bonds is 11. The van der Waals surface area contributed by atoms with Gasteiger partial charge in [0.15, 0.2) is 0 Å². The Balaban J connectivity index is 1.26. The fraction of sp³-hybridized carbons (Fsp3) is 0.259.